The molecule has 2 heterocycles. The van der Waals surface area contributed by atoms with E-state index >= 15 is 0 Å². The number of benzene rings is 1. The molecule has 2 aliphatic rings. The van der Waals surface area contributed by atoms with E-state index in [1.165, 1.54) is 12.8 Å². The van der Waals surface area contributed by atoms with Gasteiger partial charge in [0.1, 0.15) is 0 Å². The zero-order valence-electron chi connectivity index (χ0n) is 11.8. The van der Waals surface area contributed by atoms with Crippen LogP contribution >= 0.6 is 23.4 Å². The fourth-order valence-corrected chi connectivity index (χ4v) is 4.94. The van der Waals surface area contributed by atoms with Gasteiger partial charge in [0.05, 0.1) is 11.1 Å². The molecular weight excluding hydrogens is 290 g/mol. The van der Waals surface area contributed by atoms with E-state index in [1.807, 2.05) is 24.3 Å². The zero-order valence-corrected chi connectivity index (χ0v) is 13.4. The Kier molecular flexibility index (Phi) is 4.61. The highest BCUT2D eigenvalue weighted by atomic mass is 35.5. The van der Waals surface area contributed by atoms with E-state index in [2.05, 4.69) is 11.9 Å². The number of piperidine rings is 1. The highest BCUT2D eigenvalue weighted by Gasteiger charge is 2.40. The summed E-state index contributed by atoms with van der Waals surface area (Å²) in [6.07, 6.45) is 4.70. The molecule has 0 radical (unpaired) electrons. The van der Waals surface area contributed by atoms with Gasteiger partial charge >= 0.3 is 0 Å². The molecule has 2 bridgehead atoms. The molecule has 2 aliphatic heterocycles. The van der Waals surface area contributed by atoms with Gasteiger partial charge in [-0.3, -0.25) is 0 Å². The van der Waals surface area contributed by atoms with Gasteiger partial charge in [-0.25, -0.2) is 0 Å². The predicted octanol–water partition coefficient (Wildman–Crippen LogP) is 3.67. The molecule has 0 amide bonds. The van der Waals surface area contributed by atoms with Gasteiger partial charge in [0.2, 0.25) is 0 Å². The Bertz CT molecular complexity index is 456. The molecule has 20 heavy (non-hydrogen) atoms. The van der Waals surface area contributed by atoms with Crippen molar-refractivity contribution in [2.24, 2.45) is 5.92 Å². The average Bonchev–Trinajstić information content (AvgIpc) is 2.67. The van der Waals surface area contributed by atoms with Crippen LogP contribution in [0.1, 0.15) is 25.7 Å². The van der Waals surface area contributed by atoms with Gasteiger partial charge in [-0.15, -0.1) is 11.8 Å². The van der Waals surface area contributed by atoms with Crippen LogP contribution in [0.4, 0.5) is 0 Å². The number of fused-ring (bicyclic) bond motifs is 2. The van der Waals surface area contributed by atoms with E-state index < -0.39 is 0 Å². The number of aliphatic hydroxyl groups excluding tert-OH is 1. The molecule has 2 fully saturated rings. The molecular formula is C16H22ClNOS. The van der Waals surface area contributed by atoms with E-state index in [-0.39, 0.29) is 6.10 Å². The van der Waals surface area contributed by atoms with Crippen LogP contribution < -0.4 is 0 Å². The summed E-state index contributed by atoms with van der Waals surface area (Å²) in [4.78, 5) is 3.59. The number of hydrogen-bond donors (Lipinski definition) is 1. The van der Waals surface area contributed by atoms with Crippen LogP contribution in [0, 0.1) is 5.92 Å². The number of aliphatic hydroxyl groups is 1. The summed E-state index contributed by atoms with van der Waals surface area (Å²) in [5, 5.41) is 11.3. The third kappa shape index (κ3) is 3.01. The second-order valence-corrected chi connectivity index (χ2v) is 7.56. The Labute approximate surface area is 130 Å². The molecule has 0 spiro atoms. The number of hydrogen-bond acceptors (Lipinski definition) is 3. The highest BCUT2D eigenvalue weighted by Crippen LogP contribution is 2.39. The van der Waals surface area contributed by atoms with E-state index in [0.29, 0.717) is 18.0 Å². The first-order chi connectivity index (χ1) is 9.65. The maximum absolute atomic E-state index is 10.5. The molecule has 1 N–H and O–H groups in total. The normalized spacial score (nSPS) is 31.4. The second-order valence-electron chi connectivity index (χ2n) is 6.09. The monoisotopic (exact) mass is 311 g/mol. The first kappa shape index (κ1) is 14.7. The largest absolute Gasteiger partial charge is 0.392 e. The topological polar surface area (TPSA) is 23.5 Å². The van der Waals surface area contributed by atoms with Crippen LogP contribution in [0.2, 0.25) is 5.02 Å². The number of thioether (sulfide) groups is 1. The van der Waals surface area contributed by atoms with Crippen molar-refractivity contribution in [1.82, 2.24) is 4.90 Å². The van der Waals surface area contributed by atoms with Crippen LogP contribution in [0.25, 0.3) is 0 Å². The van der Waals surface area contributed by atoms with Crippen molar-refractivity contribution in [3.63, 3.8) is 0 Å². The molecule has 4 heteroatoms. The summed E-state index contributed by atoms with van der Waals surface area (Å²) in [7, 11) is 2.24. The minimum Gasteiger partial charge on any atom is -0.392 e. The summed E-state index contributed by atoms with van der Waals surface area (Å²) in [5.74, 6) is 1.20. The summed E-state index contributed by atoms with van der Waals surface area (Å²) in [6, 6.07) is 9.26. The predicted molar refractivity (Wildman–Crippen MR) is 85.5 cm³/mol. The van der Waals surface area contributed by atoms with Crippen LogP contribution in [0.3, 0.4) is 0 Å². The lowest BCUT2D eigenvalue weighted by Crippen LogP contribution is -2.43. The zero-order chi connectivity index (χ0) is 14.1. The lowest BCUT2D eigenvalue weighted by Gasteiger charge is -2.38. The van der Waals surface area contributed by atoms with Crippen molar-refractivity contribution in [3.8, 4) is 0 Å². The fraction of sp³-hybridized carbons (Fsp3) is 0.625. The molecule has 1 aromatic carbocycles. The van der Waals surface area contributed by atoms with E-state index in [9.17, 15) is 5.11 Å². The molecule has 3 unspecified atom stereocenters. The van der Waals surface area contributed by atoms with E-state index in [1.54, 1.807) is 11.8 Å². The Morgan fingerprint density at radius 1 is 1.30 bits per heavy atom. The molecule has 0 aliphatic carbocycles. The molecule has 0 aromatic heterocycles. The van der Waals surface area contributed by atoms with Gasteiger partial charge in [-0.1, -0.05) is 23.7 Å². The second kappa shape index (κ2) is 6.27. The van der Waals surface area contributed by atoms with Crippen molar-refractivity contribution in [2.75, 3.05) is 12.8 Å². The minimum absolute atomic E-state index is 0.215. The van der Waals surface area contributed by atoms with Gasteiger partial charge in [0.25, 0.3) is 0 Å². The van der Waals surface area contributed by atoms with Crippen LogP contribution in [0.5, 0.6) is 0 Å². The first-order valence-electron chi connectivity index (χ1n) is 7.42. The van der Waals surface area contributed by atoms with Crippen molar-refractivity contribution in [2.45, 2.75) is 48.8 Å². The lowest BCUT2D eigenvalue weighted by molar-refractivity contribution is 0.0493. The number of rotatable bonds is 4. The molecule has 110 valence electrons. The molecule has 2 nitrogen and oxygen atoms in total. The molecule has 3 rings (SSSR count). The van der Waals surface area contributed by atoms with Crippen molar-refractivity contribution < 1.29 is 5.11 Å². The van der Waals surface area contributed by atoms with Crippen molar-refractivity contribution in [3.05, 3.63) is 29.3 Å². The summed E-state index contributed by atoms with van der Waals surface area (Å²) < 4.78 is 0. The van der Waals surface area contributed by atoms with Crippen LogP contribution in [-0.4, -0.2) is 41.0 Å². The fourth-order valence-electron chi connectivity index (χ4n) is 3.64. The summed E-state index contributed by atoms with van der Waals surface area (Å²) in [6.45, 7) is 0. The Morgan fingerprint density at radius 3 is 2.60 bits per heavy atom. The van der Waals surface area contributed by atoms with Gasteiger partial charge in [0.15, 0.2) is 0 Å². The highest BCUT2D eigenvalue weighted by molar-refractivity contribution is 7.99. The lowest BCUT2D eigenvalue weighted by atomic mass is 9.87. The Balaban J connectivity index is 1.55. The van der Waals surface area contributed by atoms with Crippen molar-refractivity contribution in [1.29, 1.82) is 0 Å². The van der Waals surface area contributed by atoms with Gasteiger partial charge in [0, 0.05) is 22.7 Å². The van der Waals surface area contributed by atoms with Crippen LogP contribution in [-0.2, 0) is 0 Å². The molecule has 3 atom stereocenters. The molecule has 1 aromatic rings. The smallest absolute Gasteiger partial charge is 0.0663 e. The SMILES string of the molecule is CN1C2CCC1CC(C(O)CSc1ccccc1Cl)C2. The van der Waals surface area contributed by atoms with Gasteiger partial charge < -0.3 is 10.0 Å². The van der Waals surface area contributed by atoms with Gasteiger partial charge in [-0.2, -0.15) is 0 Å². The summed E-state index contributed by atoms with van der Waals surface area (Å²) in [5.41, 5.74) is 0. The Hall–Kier alpha value is -0.220. The molecule has 2 saturated heterocycles. The quantitative estimate of drug-likeness (QED) is 0.858. The maximum atomic E-state index is 10.5. The average molecular weight is 312 g/mol. The molecule has 0 saturated carbocycles. The van der Waals surface area contributed by atoms with Crippen molar-refractivity contribution >= 4 is 23.4 Å². The minimum atomic E-state index is -0.215. The number of nitrogens with zero attached hydrogens (tertiary/aromatic N) is 1. The third-order valence-corrected chi connectivity index (χ3v) is 6.54. The number of halogens is 1. The van der Waals surface area contributed by atoms with E-state index in [0.717, 1.165) is 28.5 Å². The third-order valence-electron chi connectivity index (χ3n) is 4.93. The first-order valence-corrected chi connectivity index (χ1v) is 8.79. The summed E-state index contributed by atoms with van der Waals surface area (Å²) >= 11 is 7.84. The standard InChI is InChI=1S/C16H22ClNOS/c1-18-12-6-7-13(18)9-11(8-12)15(19)10-20-16-5-3-2-4-14(16)17/h2-5,11-13,15,19H,6-10H2,1H3. The Morgan fingerprint density at radius 2 is 1.95 bits per heavy atom. The van der Waals surface area contributed by atoms with Gasteiger partial charge in [-0.05, 0) is 50.8 Å². The maximum Gasteiger partial charge on any atom is 0.0663 e. The van der Waals surface area contributed by atoms with Crippen LogP contribution in [0.15, 0.2) is 29.2 Å². The van der Waals surface area contributed by atoms with E-state index in [4.69, 9.17) is 11.6 Å².